The summed E-state index contributed by atoms with van der Waals surface area (Å²) in [7, 11) is 8.03. The molecule has 0 spiro atoms. The SMILES string of the molecule is C/C(=C\c1ccc(CCCSSCCNc2ccc(/C=C(\C)c3cc[n+](C)cc3)cc2)cc1)c1cc[n+](C)cc1. The Bertz CT molecular complexity index is 1280. The number of anilines is 1. The molecule has 3 nitrogen and oxygen atoms in total. The second kappa shape index (κ2) is 15.5. The van der Waals surface area contributed by atoms with Gasteiger partial charge in [0, 0.05) is 48.0 Å². The molecule has 206 valence electrons. The molecular weight excluding hydrogens is 527 g/mol. The highest BCUT2D eigenvalue weighted by molar-refractivity contribution is 8.76. The van der Waals surface area contributed by atoms with Gasteiger partial charge in [-0.3, -0.25) is 0 Å². The van der Waals surface area contributed by atoms with Crippen LogP contribution in [0.4, 0.5) is 5.69 Å². The Morgan fingerprint density at radius 1 is 0.650 bits per heavy atom. The van der Waals surface area contributed by atoms with E-state index in [1.54, 1.807) is 0 Å². The summed E-state index contributed by atoms with van der Waals surface area (Å²) in [6.45, 7) is 5.32. The lowest BCUT2D eigenvalue weighted by Gasteiger charge is -2.07. The third kappa shape index (κ3) is 9.72. The molecule has 4 aromatic rings. The normalized spacial score (nSPS) is 12.0. The van der Waals surface area contributed by atoms with E-state index in [1.807, 2.05) is 35.7 Å². The van der Waals surface area contributed by atoms with E-state index in [4.69, 9.17) is 0 Å². The van der Waals surface area contributed by atoms with E-state index in [1.165, 1.54) is 56.8 Å². The van der Waals surface area contributed by atoms with Gasteiger partial charge in [-0.25, -0.2) is 9.13 Å². The highest BCUT2D eigenvalue weighted by Crippen LogP contribution is 2.23. The van der Waals surface area contributed by atoms with Crippen LogP contribution in [0.3, 0.4) is 0 Å². The van der Waals surface area contributed by atoms with Crippen LogP contribution in [0, 0.1) is 0 Å². The lowest BCUT2D eigenvalue weighted by Crippen LogP contribution is -2.25. The van der Waals surface area contributed by atoms with E-state index in [0.717, 1.165) is 18.7 Å². The first-order valence-electron chi connectivity index (χ1n) is 13.9. The Balaban J connectivity index is 1.09. The largest absolute Gasteiger partial charge is 0.384 e. The van der Waals surface area contributed by atoms with E-state index in [9.17, 15) is 0 Å². The molecule has 0 radical (unpaired) electrons. The Morgan fingerprint density at radius 2 is 1.12 bits per heavy atom. The van der Waals surface area contributed by atoms with Gasteiger partial charge in [-0.1, -0.05) is 70.1 Å². The van der Waals surface area contributed by atoms with Crippen molar-refractivity contribution in [1.29, 1.82) is 0 Å². The topological polar surface area (TPSA) is 19.8 Å². The fraction of sp³-hybridized carbons (Fsp3) is 0.257. The summed E-state index contributed by atoms with van der Waals surface area (Å²) < 4.78 is 4.12. The van der Waals surface area contributed by atoms with Crippen LogP contribution in [0.1, 0.15) is 48.1 Å². The minimum absolute atomic E-state index is 0.975. The van der Waals surface area contributed by atoms with Crippen molar-refractivity contribution in [2.75, 3.05) is 23.4 Å². The minimum atomic E-state index is 0.975. The number of hydrogen-bond acceptors (Lipinski definition) is 3. The third-order valence-electron chi connectivity index (χ3n) is 6.82. The van der Waals surface area contributed by atoms with Crippen LogP contribution in [0.25, 0.3) is 23.3 Å². The summed E-state index contributed by atoms with van der Waals surface area (Å²) in [6, 6.07) is 26.4. The van der Waals surface area contributed by atoms with Gasteiger partial charge >= 0.3 is 0 Å². The molecule has 2 aromatic carbocycles. The molecule has 4 rings (SSSR count). The quantitative estimate of drug-likeness (QED) is 0.101. The van der Waals surface area contributed by atoms with Crippen molar-refractivity contribution < 1.29 is 9.13 Å². The first-order chi connectivity index (χ1) is 19.5. The van der Waals surface area contributed by atoms with Gasteiger partial charge in [-0.15, -0.1) is 0 Å². The number of allylic oxidation sites excluding steroid dienone is 2. The maximum atomic E-state index is 3.55. The van der Waals surface area contributed by atoms with E-state index in [2.05, 4.69) is 138 Å². The molecule has 0 atom stereocenters. The predicted molar refractivity (Wildman–Crippen MR) is 177 cm³/mol. The molecule has 0 saturated carbocycles. The molecule has 40 heavy (non-hydrogen) atoms. The van der Waals surface area contributed by atoms with Crippen molar-refractivity contribution in [3.8, 4) is 0 Å². The smallest absolute Gasteiger partial charge is 0.169 e. The number of nitrogens with one attached hydrogen (secondary N) is 1. The van der Waals surface area contributed by atoms with Crippen LogP contribution < -0.4 is 14.5 Å². The molecule has 0 saturated heterocycles. The van der Waals surface area contributed by atoms with Gasteiger partial charge in [-0.05, 0) is 77.8 Å². The second-order valence-corrected chi connectivity index (χ2v) is 12.9. The van der Waals surface area contributed by atoms with Gasteiger partial charge in [0.1, 0.15) is 14.1 Å². The number of nitrogens with zero attached hydrogens (tertiary/aromatic N) is 2. The molecule has 2 aromatic heterocycles. The van der Waals surface area contributed by atoms with Crippen LogP contribution in [0.2, 0.25) is 0 Å². The summed E-state index contributed by atoms with van der Waals surface area (Å²) in [5.41, 5.74) is 10.2. The first kappa shape index (κ1) is 29.7. The molecule has 5 heteroatoms. The average molecular weight is 568 g/mol. The highest BCUT2D eigenvalue weighted by atomic mass is 33.1. The molecule has 0 bridgehead atoms. The van der Waals surface area contributed by atoms with Crippen molar-refractivity contribution >= 4 is 50.6 Å². The lowest BCUT2D eigenvalue weighted by atomic mass is 10.0. The number of hydrogen-bond donors (Lipinski definition) is 1. The van der Waals surface area contributed by atoms with Gasteiger partial charge < -0.3 is 5.32 Å². The fourth-order valence-corrected chi connectivity index (χ4v) is 6.36. The maximum Gasteiger partial charge on any atom is 0.169 e. The van der Waals surface area contributed by atoms with Crippen molar-refractivity contribution in [3.63, 3.8) is 0 Å². The molecule has 0 aliphatic heterocycles. The molecule has 0 aliphatic carbocycles. The first-order valence-corrected chi connectivity index (χ1v) is 16.4. The van der Waals surface area contributed by atoms with E-state index >= 15 is 0 Å². The van der Waals surface area contributed by atoms with E-state index < -0.39 is 0 Å². The lowest BCUT2D eigenvalue weighted by molar-refractivity contribution is -0.671. The van der Waals surface area contributed by atoms with Crippen molar-refractivity contribution in [2.24, 2.45) is 14.1 Å². The van der Waals surface area contributed by atoms with Crippen molar-refractivity contribution in [2.45, 2.75) is 26.7 Å². The summed E-state index contributed by atoms with van der Waals surface area (Å²) in [5.74, 6) is 2.27. The van der Waals surface area contributed by atoms with Gasteiger partial charge in [0.15, 0.2) is 24.8 Å². The summed E-state index contributed by atoms with van der Waals surface area (Å²) >= 11 is 0. The number of aryl methyl sites for hydroxylation is 3. The van der Waals surface area contributed by atoms with Crippen LogP contribution in [-0.2, 0) is 20.5 Å². The van der Waals surface area contributed by atoms with Crippen molar-refractivity contribution in [3.05, 3.63) is 125 Å². The Kier molecular flexibility index (Phi) is 11.5. The Hall–Kier alpha value is -3.28. The molecule has 0 fully saturated rings. The third-order valence-corrected chi connectivity index (χ3v) is 9.31. The predicted octanol–water partition coefficient (Wildman–Crippen LogP) is 7.88. The minimum Gasteiger partial charge on any atom is -0.384 e. The number of benzene rings is 2. The van der Waals surface area contributed by atoms with Gasteiger partial charge in [0.25, 0.3) is 0 Å². The summed E-state index contributed by atoms with van der Waals surface area (Å²) in [4.78, 5) is 0. The average Bonchev–Trinajstić information content (AvgIpc) is 2.97. The van der Waals surface area contributed by atoms with Crippen LogP contribution in [0.15, 0.2) is 97.6 Å². The zero-order valence-corrected chi connectivity index (χ0v) is 25.8. The summed E-state index contributed by atoms with van der Waals surface area (Å²) in [6.07, 6.45) is 15.2. The van der Waals surface area contributed by atoms with Gasteiger partial charge in [0.05, 0.1) is 0 Å². The standard InChI is InChI=1S/C35H40N3S2/c1-28(33-15-20-37(3)21-16-33)26-31-9-7-30(8-10-31)6-5-24-39-40-25-19-36-35-13-11-32(12-14-35)27-29(2)34-17-22-38(4)23-18-34/h7-18,20-23,26-27H,5-6,19,24-25H2,1-4H3/q+1/p+1/b28-26+. The summed E-state index contributed by atoms with van der Waals surface area (Å²) in [5, 5.41) is 3.55. The van der Waals surface area contributed by atoms with Crippen LogP contribution in [0.5, 0.6) is 0 Å². The van der Waals surface area contributed by atoms with E-state index in [0.29, 0.717) is 0 Å². The van der Waals surface area contributed by atoms with Gasteiger partial charge in [0.2, 0.25) is 0 Å². The molecular formula is C35H41N3S2+2. The van der Waals surface area contributed by atoms with Gasteiger partial charge in [-0.2, -0.15) is 0 Å². The number of pyridine rings is 2. The maximum absolute atomic E-state index is 3.55. The van der Waals surface area contributed by atoms with Crippen LogP contribution in [-0.4, -0.2) is 18.1 Å². The van der Waals surface area contributed by atoms with Crippen LogP contribution >= 0.6 is 21.6 Å². The molecule has 2 heterocycles. The molecule has 1 N–H and O–H groups in total. The zero-order chi connectivity index (χ0) is 28.2. The monoisotopic (exact) mass is 567 g/mol. The van der Waals surface area contributed by atoms with E-state index in [-0.39, 0.29) is 0 Å². The molecule has 0 amide bonds. The van der Waals surface area contributed by atoms with Crippen molar-refractivity contribution in [1.82, 2.24) is 0 Å². The zero-order valence-electron chi connectivity index (χ0n) is 24.1. The Morgan fingerprint density at radius 3 is 1.65 bits per heavy atom. The molecule has 0 aliphatic rings. The number of aromatic nitrogens is 2. The number of rotatable bonds is 13. The highest BCUT2D eigenvalue weighted by Gasteiger charge is 2.02. The molecule has 0 unspecified atom stereocenters. The second-order valence-electron chi connectivity index (χ2n) is 10.2. The fourth-order valence-electron chi connectivity index (χ4n) is 4.36. The Labute approximate surface area is 248 Å².